The lowest BCUT2D eigenvalue weighted by molar-refractivity contribution is -0.143. The lowest BCUT2D eigenvalue weighted by Crippen LogP contribution is -2.58. The van der Waals surface area contributed by atoms with Gasteiger partial charge >= 0.3 is 11.9 Å². The molecule has 14 heteroatoms. The Hall–Kier alpha value is -2.03. The van der Waals surface area contributed by atoms with E-state index in [0.717, 1.165) is 0 Å². The van der Waals surface area contributed by atoms with E-state index in [4.69, 9.17) is 16.6 Å². The van der Waals surface area contributed by atoms with Gasteiger partial charge in [0.25, 0.3) is 0 Å². The molecule has 0 aliphatic heterocycles. The summed E-state index contributed by atoms with van der Waals surface area (Å²) in [6, 6.07) is -5.02. The van der Waals surface area contributed by atoms with Crippen molar-refractivity contribution in [1.29, 1.82) is 0 Å². The summed E-state index contributed by atoms with van der Waals surface area (Å²) in [7, 11) is 0. The van der Waals surface area contributed by atoms with Crippen LogP contribution in [0.1, 0.15) is 25.7 Å². The summed E-state index contributed by atoms with van der Waals surface area (Å²) in [5, 5.41) is 25.0. The highest BCUT2D eigenvalue weighted by atomic mass is 32.1. The topological polar surface area (TPSA) is 214 Å². The van der Waals surface area contributed by atoms with Gasteiger partial charge in [0, 0.05) is 11.5 Å². The van der Waals surface area contributed by atoms with E-state index < -0.39 is 60.2 Å². The fourth-order valence-electron chi connectivity index (χ4n) is 2.23. The highest BCUT2D eigenvalue weighted by Gasteiger charge is 2.31. The molecule has 0 aromatic rings. The third kappa shape index (κ3) is 10.7. The van der Waals surface area contributed by atoms with Gasteiger partial charge in [-0.3, -0.25) is 19.2 Å². The number of hydrogen-bond donors (Lipinski definition) is 9. The van der Waals surface area contributed by atoms with E-state index in [2.05, 4.69) is 41.2 Å². The zero-order valence-electron chi connectivity index (χ0n) is 16.2. The lowest BCUT2D eigenvalue weighted by atomic mass is 10.1. The number of carboxylic acids is 2. The van der Waals surface area contributed by atoms with E-state index >= 15 is 0 Å². The molecule has 0 radical (unpaired) electrons. The van der Waals surface area contributed by atoms with E-state index in [1.54, 1.807) is 0 Å². The Kier molecular flexibility index (Phi) is 13.9. The first-order valence-electron chi connectivity index (χ1n) is 9.10. The molecule has 3 amide bonds. The number of thiol groups is 2. The molecule has 0 rings (SSSR count). The molecule has 0 aliphatic rings. The Labute approximate surface area is 184 Å². The predicted molar refractivity (Wildman–Crippen MR) is 114 cm³/mol. The number of hydrogen-bond acceptors (Lipinski definition) is 9. The monoisotopic (exact) mass is 467 g/mol. The van der Waals surface area contributed by atoms with Gasteiger partial charge in [0.05, 0.1) is 12.5 Å². The first-order valence-corrected chi connectivity index (χ1v) is 10.4. The number of amides is 3. The van der Waals surface area contributed by atoms with Crippen LogP contribution in [0.15, 0.2) is 0 Å². The normalized spacial score (nSPS) is 14.7. The van der Waals surface area contributed by atoms with Crippen molar-refractivity contribution in [3.63, 3.8) is 0 Å². The molecule has 172 valence electrons. The molecule has 0 saturated carbocycles. The van der Waals surface area contributed by atoms with Crippen molar-refractivity contribution in [3.8, 4) is 0 Å². The van der Waals surface area contributed by atoms with Crippen LogP contribution in [0.25, 0.3) is 0 Å². The SMILES string of the molecule is NCCCCC(NC(=O)C(CC(=O)O)NC(=O)C(CS)NC(=O)C(N)CS)C(=O)O. The van der Waals surface area contributed by atoms with Crippen LogP contribution in [0.2, 0.25) is 0 Å². The second kappa shape index (κ2) is 14.9. The second-order valence-electron chi connectivity index (χ2n) is 6.38. The average molecular weight is 468 g/mol. The standard InChI is InChI=1S/C16H29N5O7S2/c17-4-2-1-3-9(16(27)28)19-14(25)10(5-12(22)23)20-15(26)11(7-30)21-13(24)8(18)6-29/h8-11,29-30H,1-7,17-18H2,(H,19,25)(H,20,26)(H,21,24)(H,22,23)(H,27,28). The maximum Gasteiger partial charge on any atom is 0.326 e. The Morgan fingerprint density at radius 2 is 1.33 bits per heavy atom. The van der Waals surface area contributed by atoms with Crippen LogP contribution in [0.3, 0.4) is 0 Å². The van der Waals surface area contributed by atoms with Crippen LogP contribution < -0.4 is 27.4 Å². The summed E-state index contributed by atoms with van der Waals surface area (Å²) in [6.45, 7) is 0.353. The van der Waals surface area contributed by atoms with Gasteiger partial charge in [-0.25, -0.2) is 4.79 Å². The molecule has 0 saturated heterocycles. The number of carbonyl (C=O) groups excluding carboxylic acids is 3. The van der Waals surface area contributed by atoms with Gasteiger partial charge in [0.1, 0.15) is 18.1 Å². The van der Waals surface area contributed by atoms with E-state index in [1.165, 1.54) is 0 Å². The zero-order valence-corrected chi connectivity index (χ0v) is 18.0. The van der Waals surface area contributed by atoms with Gasteiger partial charge in [-0.2, -0.15) is 25.3 Å². The van der Waals surface area contributed by atoms with Gasteiger partial charge in [-0.1, -0.05) is 0 Å². The van der Waals surface area contributed by atoms with Crippen LogP contribution in [-0.2, 0) is 24.0 Å². The Bertz CT molecular complexity index is 623. The van der Waals surface area contributed by atoms with E-state index in [0.29, 0.717) is 19.4 Å². The number of unbranched alkanes of at least 4 members (excludes halogenated alkanes) is 1. The van der Waals surface area contributed by atoms with Crippen molar-refractivity contribution in [2.24, 2.45) is 11.5 Å². The van der Waals surface area contributed by atoms with E-state index in [9.17, 15) is 29.1 Å². The molecule has 0 aliphatic carbocycles. The fourth-order valence-corrected chi connectivity index (χ4v) is 2.66. The molecule has 4 unspecified atom stereocenters. The van der Waals surface area contributed by atoms with Crippen LogP contribution in [0, 0.1) is 0 Å². The number of nitrogens with two attached hydrogens (primary N) is 2. The van der Waals surface area contributed by atoms with Crippen LogP contribution in [-0.4, -0.2) is 82.1 Å². The highest BCUT2D eigenvalue weighted by molar-refractivity contribution is 7.80. The lowest BCUT2D eigenvalue weighted by Gasteiger charge is -2.23. The van der Waals surface area contributed by atoms with Gasteiger partial charge in [0.2, 0.25) is 17.7 Å². The molecule has 0 bridgehead atoms. The van der Waals surface area contributed by atoms with Crippen molar-refractivity contribution in [2.75, 3.05) is 18.1 Å². The van der Waals surface area contributed by atoms with Gasteiger partial charge in [-0.05, 0) is 25.8 Å². The quantitative estimate of drug-likeness (QED) is 0.0904. The Morgan fingerprint density at radius 1 is 0.800 bits per heavy atom. The number of nitrogens with one attached hydrogen (secondary N) is 3. The molecule has 0 aromatic heterocycles. The van der Waals surface area contributed by atoms with Crippen molar-refractivity contribution >= 4 is 54.9 Å². The van der Waals surface area contributed by atoms with Crippen molar-refractivity contribution in [2.45, 2.75) is 49.9 Å². The molecule has 0 spiro atoms. The number of carbonyl (C=O) groups is 5. The number of carboxylic acid groups (broad SMARTS) is 2. The Balaban J connectivity index is 5.20. The molecule has 0 heterocycles. The van der Waals surface area contributed by atoms with Gasteiger partial charge in [-0.15, -0.1) is 0 Å². The van der Waals surface area contributed by atoms with Crippen molar-refractivity contribution in [1.82, 2.24) is 16.0 Å². The third-order valence-corrected chi connectivity index (χ3v) is 4.68. The summed E-state index contributed by atoms with van der Waals surface area (Å²) in [5.74, 6) is -5.37. The average Bonchev–Trinajstić information content (AvgIpc) is 2.69. The third-order valence-electron chi connectivity index (χ3n) is 3.92. The number of rotatable bonds is 15. The van der Waals surface area contributed by atoms with Gasteiger partial charge in [0.15, 0.2) is 0 Å². The predicted octanol–water partition coefficient (Wildman–Crippen LogP) is -2.68. The minimum atomic E-state index is -1.57. The maximum absolute atomic E-state index is 12.4. The number of aliphatic carboxylic acids is 2. The summed E-state index contributed by atoms with van der Waals surface area (Å²) >= 11 is 7.84. The maximum atomic E-state index is 12.4. The van der Waals surface area contributed by atoms with Crippen LogP contribution >= 0.6 is 25.3 Å². The summed E-state index contributed by atoms with van der Waals surface area (Å²) in [6.07, 6.45) is 0.272. The molecular formula is C16H29N5O7S2. The largest absolute Gasteiger partial charge is 0.481 e. The Morgan fingerprint density at radius 3 is 1.80 bits per heavy atom. The van der Waals surface area contributed by atoms with Crippen molar-refractivity contribution in [3.05, 3.63) is 0 Å². The minimum Gasteiger partial charge on any atom is -0.481 e. The molecule has 4 atom stereocenters. The molecule has 0 fully saturated rings. The summed E-state index contributed by atoms with van der Waals surface area (Å²) in [4.78, 5) is 59.1. The zero-order chi connectivity index (χ0) is 23.3. The molecule has 12 nitrogen and oxygen atoms in total. The minimum absolute atomic E-state index is 0.0253. The van der Waals surface area contributed by atoms with Crippen LogP contribution in [0.4, 0.5) is 0 Å². The molecule has 30 heavy (non-hydrogen) atoms. The van der Waals surface area contributed by atoms with Gasteiger partial charge < -0.3 is 37.6 Å². The van der Waals surface area contributed by atoms with E-state index in [1.807, 2.05) is 0 Å². The van der Waals surface area contributed by atoms with Crippen molar-refractivity contribution < 1.29 is 34.2 Å². The fraction of sp³-hybridized carbons (Fsp3) is 0.688. The second-order valence-corrected chi connectivity index (χ2v) is 7.11. The van der Waals surface area contributed by atoms with Crippen LogP contribution in [0.5, 0.6) is 0 Å². The smallest absolute Gasteiger partial charge is 0.326 e. The van der Waals surface area contributed by atoms with E-state index in [-0.39, 0.29) is 17.9 Å². The summed E-state index contributed by atoms with van der Waals surface area (Å²) < 4.78 is 0. The first-order chi connectivity index (χ1) is 14.1. The molecule has 0 aromatic carbocycles. The molecular weight excluding hydrogens is 438 g/mol. The summed E-state index contributed by atoms with van der Waals surface area (Å²) in [5.41, 5.74) is 10.9. The molecule has 9 N–H and O–H groups in total. The first kappa shape index (κ1) is 28.0. The highest BCUT2D eigenvalue weighted by Crippen LogP contribution is 2.04.